The van der Waals surface area contributed by atoms with Crippen LogP contribution in [0.4, 0.5) is 0 Å². The summed E-state index contributed by atoms with van der Waals surface area (Å²) in [4.78, 5) is 17.1. The zero-order valence-electron chi connectivity index (χ0n) is 13.0. The van der Waals surface area contributed by atoms with Gasteiger partial charge >= 0.3 is 0 Å². The van der Waals surface area contributed by atoms with E-state index in [0.29, 0.717) is 17.6 Å². The average molecular weight is 275 g/mol. The van der Waals surface area contributed by atoms with E-state index in [1.165, 1.54) is 0 Å². The van der Waals surface area contributed by atoms with Crippen LogP contribution in [0.3, 0.4) is 0 Å². The van der Waals surface area contributed by atoms with Crippen LogP contribution in [0, 0.1) is 12.3 Å². The predicted octanol–water partition coefficient (Wildman–Crippen LogP) is 3.95. The average Bonchev–Trinajstić information content (AvgIpc) is 2.41. The van der Waals surface area contributed by atoms with E-state index in [-0.39, 0.29) is 5.78 Å². The number of rotatable bonds is 4. The first-order valence-electron chi connectivity index (χ1n) is 7.49. The second kappa shape index (κ2) is 5.65. The summed E-state index contributed by atoms with van der Waals surface area (Å²) < 4.78 is 5.94. The maximum Gasteiger partial charge on any atom is 0.196 e. The zero-order valence-corrected chi connectivity index (χ0v) is 13.0. The van der Waals surface area contributed by atoms with Crippen LogP contribution in [0.15, 0.2) is 18.5 Å². The number of aryl methyl sites for hydroxylation is 1. The van der Waals surface area contributed by atoms with Gasteiger partial charge < -0.3 is 4.74 Å². The summed E-state index contributed by atoms with van der Waals surface area (Å²) in [7, 11) is 0. The van der Waals surface area contributed by atoms with E-state index < -0.39 is 5.60 Å². The van der Waals surface area contributed by atoms with Crippen molar-refractivity contribution < 1.29 is 9.53 Å². The summed E-state index contributed by atoms with van der Waals surface area (Å²) in [6, 6.07) is 1.91. The number of ketones is 1. The number of aromatic nitrogens is 1. The fourth-order valence-electron chi connectivity index (χ4n) is 2.99. The lowest BCUT2D eigenvalue weighted by molar-refractivity contribution is -0.0580. The van der Waals surface area contributed by atoms with Crippen molar-refractivity contribution in [1.29, 1.82) is 0 Å². The molecule has 1 saturated carbocycles. The molecule has 0 amide bonds. The van der Waals surface area contributed by atoms with Crippen molar-refractivity contribution in [1.82, 2.24) is 4.98 Å². The molecular formula is C17H25NO2. The highest BCUT2D eigenvalue weighted by atomic mass is 16.5. The van der Waals surface area contributed by atoms with Crippen molar-refractivity contribution in [3.8, 4) is 0 Å². The lowest BCUT2D eigenvalue weighted by Crippen LogP contribution is -2.46. The van der Waals surface area contributed by atoms with Crippen LogP contribution in [0.1, 0.15) is 62.4 Å². The maximum atomic E-state index is 12.9. The van der Waals surface area contributed by atoms with Crippen molar-refractivity contribution in [2.45, 2.75) is 59.0 Å². The van der Waals surface area contributed by atoms with Crippen LogP contribution in [0.2, 0.25) is 0 Å². The molecule has 0 atom stereocenters. The standard InChI is InChI=1S/C17H25NO2/c1-5-20-17(8-6-16(3,4)7-9-17)15(19)14-10-13(2)11-18-12-14/h10-12H,5-9H2,1-4H3. The van der Waals surface area contributed by atoms with Gasteiger partial charge in [0.05, 0.1) is 0 Å². The van der Waals surface area contributed by atoms with Gasteiger partial charge in [-0.2, -0.15) is 0 Å². The molecule has 0 spiro atoms. The van der Waals surface area contributed by atoms with Gasteiger partial charge in [0.2, 0.25) is 0 Å². The fourth-order valence-corrected chi connectivity index (χ4v) is 2.99. The zero-order chi connectivity index (χ0) is 14.8. The first kappa shape index (κ1) is 15.2. The summed E-state index contributed by atoms with van der Waals surface area (Å²) in [5.74, 6) is 0.103. The largest absolute Gasteiger partial charge is 0.367 e. The lowest BCUT2D eigenvalue weighted by atomic mass is 9.68. The Balaban J connectivity index is 2.27. The fraction of sp³-hybridized carbons (Fsp3) is 0.647. The Labute approximate surface area is 121 Å². The van der Waals surface area contributed by atoms with Crippen LogP contribution in [-0.4, -0.2) is 23.0 Å². The monoisotopic (exact) mass is 275 g/mol. The Bertz CT molecular complexity index is 484. The number of hydrogen-bond donors (Lipinski definition) is 0. The number of carbonyl (C=O) groups excluding carboxylic acids is 1. The van der Waals surface area contributed by atoms with Crippen molar-refractivity contribution in [3.05, 3.63) is 29.6 Å². The summed E-state index contributed by atoms with van der Waals surface area (Å²) in [6.45, 7) is 9.03. The Morgan fingerprint density at radius 3 is 2.45 bits per heavy atom. The van der Waals surface area contributed by atoms with E-state index in [1.54, 1.807) is 12.4 Å². The minimum atomic E-state index is -0.639. The second-order valence-corrected chi connectivity index (χ2v) is 6.67. The molecule has 20 heavy (non-hydrogen) atoms. The van der Waals surface area contributed by atoms with Gasteiger partial charge in [0.25, 0.3) is 0 Å². The molecular weight excluding hydrogens is 250 g/mol. The molecule has 1 aliphatic rings. The smallest absolute Gasteiger partial charge is 0.196 e. The van der Waals surface area contributed by atoms with Gasteiger partial charge in [-0.15, -0.1) is 0 Å². The van der Waals surface area contributed by atoms with Crippen molar-refractivity contribution >= 4 is 5.78 Å². The van der Waals surface area contributed by atoms with E-state index in [4.69, 9.17) is 4.74 Å². The van der Waals surface area contributed by atoms with Gasteiger partial charge in [0, 0.05) is 24.6 Å². The lowest BCUT2D eigenvalue weighted by Gasteiger charge is -2.42. The number of Topliss-reactive ketones (excluding diaryl/α,β-unsaturated/α-hetero) is 1. The van der Waals surface area contributed by atoms with Crippen LogP contribution in [-0.2, 0) is 4.74 Å². The molecule has 1 aromatic heterocycles. The van der Waals surface area contributed by atoms with Gasteiger partial charge in [-0.05, 0) is 56.6 Å². The van der Waals surface area contributed by atoms with E-state index in [9.17, 15) is 4.79 Å². The SMILES string of the molecule is CCOC1(C(=O)c2cncc(C)c2)CCC(C)(C)CC1. The van der Waals surface area contributed by atoms with Gasteiger partial charge in [0.15, 0.2) is 5.78 Å². The highest BCUT2D eigenvalue weighted by molar-refractivity contribution is 6.02. The quantitative estimate of drug-likeness (QED) is 0.781. The number of hydrogen-bond acceptors (Lipinski definition) is 3. The van der Waals surface area contributed by atoms with E-state index in [0.717, 1.165) is 31.2 Å². The summed E-state index contributed by atoms with van der Waals surface area (Å²) in [5.41, 5.74) is 1.36. The van der Waals surface area contributed by atoms with Gasteiger partial charge in [-0.1, -0.05) is 13.8 Å². The Morgan fingerprint density at radius 1 is 1.25 bits per heavy atom. The Hall–Kier alpha value is -1.22. The first-order chi connectivity index (χ1) is 9.38. The van der Waals surface area contributed by atoms with Crippen LogP contribution >= 0.6 is 0 Å². The topological polar surface area (TPSA) is 39.2 Å². The molecule has 0 unspecified atom stereocenters. The molecule has 0 radical (unpaired) electrons. The minimum absolute atomic E-state index is 0.103. The molecule has 0 N–H and O–H groups in total. The highest BCUT2D eigenvalue weighted by Gasteiger charge is 2.44. The van der Waals surface area contributed by atoms with E-state index in [1.807, 2.05) is 19.9 Å². The van der Waals surface area contributed by atoms with Crippen molar-refractivity contribution in [2.75, 3.05) is 6.61 Å². The van der Waals surface area contributed by atoms with Gasteiger partial charge in [-0.3, -0.25) is 9.78 Å². The number of nitrogens with zero attached hydrogens (tertiary/aromatic N) is 1. The number of ether oxygens (including phenoxy) is 1. The molecule has 1 fully saturated rings. The van der Waals surface area contributed by atoms with Crippen LogP contribution in [0.5, 0.6) is 0 Å². The Morgan fingerprint density at radius 2 is 1.90 bits per heavy atom. The molecule has 1 heterocycles. The third-order valence-electron chi connectivity index (χ3n) is 4.38. The normalized spacial score (nSPS) is 20.6. The van der Waals surface area contributed by atoms with E-state index >= 15 is 0 Å². The molecule has 1 aromatic rings. The van der Waals surface area contributed by atoms with E-state index in [2.05, 4.69) is 18.8 Å². The molecule has 2 rings (SSSR count). The summed E-state index contributed by atoms with van der Waals surface area (Å²) >= 11 is 0. The summed E-state index contributed by atoms with van der Waals surface area (Å²) in [5, 5.41) is 0. The molecule has 110 valence electrons. The Kier molecular flexibility index (Phi) is 4.28. The third kappa shape index (κ3) is 3.09. The summed E-state index contributed by atoms with van der Waals surface area (Å²) in [6.07, 6.45) is 7.10. The van der Waals surface area contributed by atoms with Crippen molar-refractivity contribution in [3.63, 3.8) is 0 Å². The predicted molar refractivity (Wildman–Crippen MR) is 79.9 cm³/mol. The second-order valence-electron chi connectivity index (χ2n) is 6.67. The molecule has 3 heteroatoms. The molecule has 0 aromatic carbocycles. The minimum Gasteiger partial charge on any atom is -0.367 e. The third-order valence-corrected chi connectivity index (χ3v) is 4.38. The van der Waals surface area contributed by atoms with Crippen LogP contribution < -0.4 is 0 Å². The molecule has 1 aliphatic carbocycles. The molecule has 3 nitrogen and oxygen atoms in total. The maximum absolute atomic E-state index is 12.9. The first-order valence-corrected chi connectivity index (χ1v) is 7.49. The highest BCUT2D eigenvalue weighted by Crippen LogP contribution is 2.43. The molecule has 0 bridgehead atoms. The molecule has 0 aliphatic heterocycles. The van der Waals surface area contributed by atoms with Crippen LogP contribution in [0.25, 0.3) is 0 Å². The van der Waals surface area contributed by atoms with Gasteiger partial charge in [-0.25, -0.2) is 0 Å². The number of carbonyl (C=O) groups is 1. The number of pyridine rings is 1. The van der Waals surface area contributed by atoms with Crippen molar-refractivity contribution in [2.24, 2.45) is 5.41 Å². The van der Waals surface area contributed by atoms with Gasteiger partial charge in [0.1, 0.15) is 5.60 Å². The molecule has 0 saturated heterocycles.